The fraction of sp³-hybridized carbons (Fsp3) is 0. The number of rotatable bonds is 0. The second kappa shape index (κ2) is 29.5. The Bertz CT molecular complexity index is 103. The fourth-order valence-electron chi connectivity index (χ4n) is 0. The second-order valence-electron chi connectivity index (χ2n) is 0.448. The normalized spacial score (nSPS) is 4.83. The van der Waals surface area contributed by atoms with Crippen LogP contribution in [-0.4, -0.2) is 44.9 Å². The summed E-state index contributed by atoms with van der Waals surface area (Å²) in [6.45, 7) is 0. The van der Waals surface area contributed by atoms with E-state index in [9.17, 15) is 0 Å². The summed E-state index contributed by atoms with van der Waals surface area (Å²) in [7, 11) is -4.67. The van der Waals surface area contributed by atoms with Crippen LogP contribution in [0.2, 0.25) is 0 Å². The van der Waals surface area contributed by atoms with Crippen molar-refractivity contribution in [1.29, 1.82) is 0 Å². The number of hydrogen-bond donors (Lipinski definition) is 2. The molecule has 9 nitrogen and oxygen atoms in total. The Morgan fingerprint density at radius 2 is 0.833 bits per heavy atom. The van der Waals surface area contributed by atoms with Gasteiger partial charge in [-0.1, -0.05) is 0 Å². The van der Waals surface area contributed by atoms with Crippen molar-refractivity contribution < 1.29 is 95.4 Å². The molecule has 0 aromatic rings. The maximum absolute atomic E-state index is 8.74. The summed E-state index contributed by atoms with van der Waals surface area (Å²) < 4.78 is 31.6. The smallest absolute Gasteiger partial charge is 1.00 e. The van der Waals surface area contributed by atoms with E-state index in [1.54, 1.807) is 0 Å². The van der Waals surface area contributed by atoms with Crippen LogP contribution in [0.1, 0.15) is 1.43 Å². The van der Waals surface area contributed by atoms with Crippen molar-refractivity contribution in [2.75, 3.05) is 0 Å². The van der Waals surface area contributed by atoms with Crippen molar-refractivity contribution in [2.45, 2.75) is 0 Å². The van der Waals surface area contributed by atoms with Gasteiger partial charge in [0.05, 0.1) is 0 Å². The monoisotopic (exact) mass is 276 g/mol. The number of hydrogen-bond acceptors (Lipinski definition) is 2. The van der Waals surface area contributed by atoms with Crippen LogP contribution in [0.3, 0.4) is 0 Å². The predicted octanol–water partition coefficient (Wildman–Crippen LogP) is -7.66. The quantitative estimate of drug-likeness (QED) is 0.324. The van der Waals surface area contributed by atoms with E-state index in [-0.39, 0.29) is 77.8 Å². The molecule has 0 aromatic carbocycles. The SMILES string of the molecule is O.O.O.O.O.O=S(=O)(O)O.[H-].[Na+].[Zn]. The van der Waals surface area contributed by atoms with E-state index in [0.29, 0.717) is 0 Å². The molecule has 76 valence electrons. The molecule has 0 radical (unpaired) electrons. The van der Waals surface area contributed by atoms with Crippen LogP contribution in [0, 0.1) is 0 Å². The van der Waals surface area contributed by atoms with Crippen LogP contribution in [0.5, 0.6) is 0 Å². The molecule has 0 unspecified atom stereocenters. The maximum Gasteiger partial charge on any atom is 1.00 e. The molecule has 0 aliphatic carbocycles. The summed E-state index contributed by atoms with van der Waals surface area (Å²) >= 11 is 0. The van der Waals surface area contributed by atoms with Crippen LogP contribution in [0.25, 0.3) is 0 Å². The zero-order valence-electron chi connectivity index (χ0n) is 7.33. The molecule has 0 amide bonds. The van der Waals surface area contributed by atoms with Crippen molar-refractivity contribution >= 4 is 10.4 Å². The topological polar surface area (TPSA) is 232 Å². The average Bonchev–Trinajstić information content (AvgIpc) is 0.722. The third kappa shape index (κ3) is 715. The first kappa shape index (κ1) is 71.7. The van der Waals surface area contributed by atoms with Gasteiger partial charge < -0.3 is 28.8 Å². The Morgan fingerprint density at radius 1 is 0.833 bits per heavy atom. The summed E-state index contributed by atoms with van der Waals surface area (Å²) in [6.07, 6.45) is 0. The van der Waals surface area contributed by atoms with Gasteiger partial charge in [-0.2, -0.15) is 8.42 Å². The molecule has 0 fully saturated rings. The van der Waals surface area contributed by atoms with Crippen LogP contribution in [0.15, 0.2) is 0 Å². The van der Waals surface area contributed by atoms with Gasteiger partial charge in [-0.05, 0) is 0 Å². The molecular weight excluding hydrogens is 264 g/mol. The zero-order valence-corrected chi connectivity index (χ0v) is 12.1. The van der Waals surface area contributed by atoms with Crippen LogP contribution < -0.4 is 29.6 Å². The fourth-order valence-corrected chi connectivity index (χ4v) is 0. The van der Waals surface area contributed by atoms with Gasteiger partial charge in [-0.3, -0.25) is 9.11 Å². The third-order valence-electron chi connectivity index (χ3n) is 0. The summed E-state index contributed by atoms with van der Waals surface area (Å²) in [6, 6.07) is 0. The molecule has 0 heterocycles. The van der Waals surface area contributed by atoms with Gasteiger partial charge in [0, 0.05) is 19.5 Å². The van der Waals surface area contributed by atoms with E-state index >= 15 is 0 Å². The molecule has 0 spiro atoms. The van der Waals surface area contributed by atoms with Crippen molar-refractivity contribution in [1.82, 2.24) is 0 Å². The summed E-state index contributed by atoms with van der Waals surface area (Å²) in [5.74, 6) is 0. The molecule has 0 aliphatic rings. The van der Waals surface area contributed by atoms with Crippen molar-refractivity contribution in [3.63, 3.8) is 0 Å². The first-order valence-corrected chi connectivity index (χ1v) is 2.10. The molecule has 12 N–H and O–H groups in total. The molecule has 0 bridgehead atoms. The van der Waals surface area contributed by atoms with Crippen LogP contribution >= 0.6 is 0 Å². The van der Waals surface area contributed by atoms with Crippen molar-refractivity contribution in [2.24, 2.45) is 0 Å². The Balaban J connectivity index is -0.00000000286. The molecule has 0 saturated heterocycles. The molecule has 12 heavy (non-hydrogen) atoms. The summed E-state index contributed by atoms with van der Waals surface area (Å²) in [5.41, 5.74) is 0. The van der Waals surface area contributed by atoms with E-state index < -0.39 is 10.4 Å². The molecule has 12 heteroatoms. The van der Waals surface area contributed by atoms with Gasteiger partial charge in [0.2, 0.25) is 0 Å². The minimum atomic E-state index is -4.67. The van der Waals surface area contributed by atoms with E-state index in [0.717, 1.165) is 0 Å². The Morgan fingerprint density at radius 3 is 0.833 bits per heavy atom. The molecule has 0 rings (SSSR count). The third-order valence-corrected chi connectivity index (χ3v) is 0. The van der Waals surface area contributed by atoms with E-state index in [1.807, 2.05) is 0 Å². The van der Waals surface area contributed by atoms with Gasteiger partial charge >= 0.3 is 40.0 Å². The molecule has 0 saturated carbocycles. The Hall–Kier alpha value is 1.29. The van der Waals surface area contributed by atoms with E-state index in [2.05, 4.69) is 0 Å². The van der Waals surface area contributed by atoms with Crippen LogP contribution in [0.4, 0.5) is 0 Å². The van der Waals surface area contributed by atoms with Crippen molar-refractivity contribution in [3.8, 4) is 0 Å². The first-order valence-electron chi connectivity index (χ1n) is 0.698. The predicted molar refractivity (Wildman–Crippen MR) is 33.4 cm³/mol. The van der Waals surface area contributed by atoms with Gasteiger partial charge in [-0.15, -0.1) is 0 Å². The molecular formula is H13NaO9SZn. The standard InChI is InChI=1S/Na.H2O4S.5H2O.Zn.H/c;1-5(2,3)4;;;;;;;/h;(H2,1,2,3,4);5*1H2;;/q+1;;;;;;;;-1. The van der Waals surface area contributed by atoms with E-state index in [4.69, 9.17) is 17.5 Å². The molecule has 0 aliphatic heterocycles. The minimum absolute atomic E-state index is 0. The first-order chi connectivity index (χ1) is 2.00. The second-order valence-corrected chi connectivity index (χ2v) is 1.34. The van der Waals surface area contributed by atoms with Gasteiger partial charge in [0.15, 0.2) is 0 Å². The average molecular weight is 278 g/mol. The zero-order chi connectivity index (χ0) is 4.50. The van der Waals surface area contributed by atoms with Gasteiger partial charge in [0.1, 0.15) is 0 Å². The summed E-state index contributed by atoms with van der Waals surface area (Å²) in [5, 5.41) is 0. The van der Waals surface area contributed by atoms with Gasteiger partial charge in [0.25, 0.3) is 0 Å². The molecule has 0 aromatic heterocycles. The Labute approximate surface area is 105 Å². The largest absolute Gasteiger partial charge is 1.00 e. The van der Waals surface area contributed by atoms with E-state index in [1.165, 1.54) is 0 Å². The maximum atomic E-state index is 8.74. The minimum Gasteiger partial charge on any atom is -1.00 e. The van der Waals surface area contributed by atoms with Gasteiger partial charge in [-0.25, -0.2) is 0 Å². The van der Waals surface area contributed by atoms with Crippen LogP contribution in [-0.2, 0) is 29.9 Å². The summed E-state index contributed by atoms with van der Waals surface area (Å²) in [4.78, 5) is 0. The Kier molecular flexibility index (Phi) is 176. The molecule has 0 atom stereocenters. The van der Waals surface area contributed by atoms with Crippen molar-refractivity contribution in [3.05, 3.63) is 0 Å².